The summed E-state index contributed by atoms with van der Waals surface area (Å²) in [5.41, 5.74) is 0.528. The van der Waals surface area contributed by atoms with Crippen LogP contribution in [0.2, 0.25) is 0 Å². The van der Waals surface area contributed by atoms with E-state index in [2.05, 4.69) is 31.5 Å². The minimum Gasteiger partial charge on any atom is -0.444 e. The Bertz CT molecular complexity index is 482. The minimum absolute atomic E-state index is 0.179. The fourth-order valence-corrected chi connectivity index (χ4v) is 2.41. The van der Waals surface area contributed by atoms with Gasteiger partial charge in [0, 0.05) is 18.3 Å². The molecule has 0 aromatic carbocycles. The van der Waals surface area contributed by atoms with Crippen molar-refractivity contribution >= 4 is 27.7 Å². The molecule has 1 aromatic rings. The Balaban J connectivity index is 1.73. The van der Waals surface area contributed by atoms with E-state index in [-0.39, 0.29) is 12.1 Å². The number of amides is 1. The van der Waals surface area contributed by atoms with E-state index in [0.29, 0.717) is 6.04 Å². The highest BCUT2D eigenvalue weighted by molar-refractivity contribution is 9.10. The Labute approximate surface area is 127 Å². The van der Waals surface area contributed by atoms with Crippen molar-refractivity contribution in [2.75, 3.05) is 5.32 Å². The van der Waals surface area contributed by atoms with Gasteiger partial charge in [0.2, 0.25) is 0 Å². The molecule has 0 saturated heterocycles. The van der Waals surface area contributed by atoms with Gasteiger partial charge in [-0.2, -0.15) is 0 Å². The summed E-state index contributed by atoms with van der Waals surface area (Å²) in [7, 11) is 0. The second-order valence-electron chi connectivity index (χ2n) is 6.00. The van der Waals surface area contributed by atoms with Gasteiger partial charge in [0.1, 0.15) is 10.2 Å². The van der Waals surface area contributed by atoms with Crippen LogP contribution in [0.5, 0.6) is 0 Å². The number of nitrogens with one attached hydrogen (secondary N) is 2. The molecule has 2 N–H and O–H groups in total. The first-order valence-corrected chi connectivity index (χ1v) is 7.49. The molecular formula is C14H20BrN3O2. The summed E-state index contributed by atoms with van der Waals surface area (Å²) >= 11 is 3.40. The molecule has 0 spiro atoms. The van der Waals surface area contributed by atoms with Crippen molar-refractivity contribution in [1.82, 2.24) is 10.3 Å². The molecule has 1 aromatic heterocycles. The molecule has 0 bridgehead atoms. The van der Waals surface area contributed by atoms with Crippen molar-refractivity contribution in [3.63, 3.8) is 0 Å². The predicted octanol–water partition coefficient (Wildman–Crippen LogP) is 3.31. The second kappa shape index (κ2) is 5.99. The quantitative estimate of drug-likeness (QED) is 0.828. The predicted molar refractivity (Wildman–Crippen MR) is 81.7 cm³/mol. The molecular weight excluding hydrogens is 322 g/mol. The van der Waals surface area contributed by atoms with Crippen LogP contribution in [0, 0.1) is 0 Å². The number of ether oxygens (including phenoxy) is 1. The summed E-state index contributed by atoms with van der Waals surface area (Å²) in [5.74, 6) is 0. The molecule has 0 unspecified atom stereocenters. The number of aromatic nitrogens is 1. The van der Waals surface area contributed by atoms with Crippen LogP contribution >= 0.6 is 15.9 Å². The van der Waals surface area contributed by atoms with E-state index in [0.717, 1.165) is 23.1 Å². The van der Waals surface area contributed by atoms with Crippen LogP contribution in [0.3, 0.4) is 0 Å². The molecule has 1 heterocycles. The van der Waals surface area contributed by atoms with Crippen molar-refractivity contribution in [1.29, 1.82) is 0 Å². The van der Waals surface area contributed by atoms with Crippen molar-refractivity contribution in [3.8, 4) is 0 Å². The number of anilines is 1. The summed E-state index contributed by atoms with van der Waals surface area (Å²) in [6.07, 6.45) is 3.17. The van der Waals surface area contributed by atoms with Gasteiger partial charge in [-0.05, 0) is 61.7 Å². The second-order valence-corrected chi connectivity index (χ2v) is 6.75. The summed E-state index contributed by atoms with van der Waals surface area (Å²) in [6, 6.07) is 4.40. The van der Waals surface area contributed by atoms with E-state index in [1.165, 1.54) is 0 Å². The van der Waals surface area contributed by atoms with Crippen LogP contribution in [0.15, 0.2) is 22.9 Å². The Morgan fingerprint density at radius 2 is 2.10 bits per heavy atom. The zero-order valence-corrected chi connectivity index (χ0v) is 13.5. The number of hydrogen-bond donors (Lipinski definition) is 2. The van der Waals surface area contributed by atoms with Gasteiger partial charge in [-0.1, -0.05) is 0 Å². The number of pyridine rings is 1. The van der Waals surface area contributed by atoms with Gasteiger partial charge in [0.25, 0.3) is 0 Å². The highest BCUT2D eigenvalue weighted by atomic mass is 79.9. The molecule has 20 heavy (non-hydrogen) atoms. The van der Waals surface area contributed by atoms with Crippen LogP contribution in [0.1, 0.15) is 33.6 Å². The maximum Gasteiger partial charge on any atom is 0.407 e. The van der Waals surface area contributed by atoms with Crippen molar-refractivity contribution in [2.24, 2.45) is 0 Å². The largest absolute Gasteiger partial charge is 0.444 e. The van der Waals surface area contributed by atoms with E-state index < -0.39 is 5.60 Å². The smallest absolute Gasteiger partial charge is 0.407 e. The summed E-state index contributed by atoms with van der Waals surface area (Å²) < 4.78 is 6.04. The third-order valence-electron chi connectivity index (χ3n) is 2.98. The SMILES string of the molecule is CC(C)(C)OC(=O)NC1CC(Nc2cccnc2Br)C1. The summed E-state index contributed by atoms with van der Waals surface area (Å²) in [6.45, 7) is 5.58. The molecule has 0 aliphatic heterocycles. The molecule has 5 nitrogen and oxygen atoms in total. The maximum atomic E-state index is 11.6. The number of halogens is 1. The lowest BCUT2D eigenvalue weighted by atomic mass is 9.87. The molecule has 1 fully saturated rings. The minimum atomic E-state index is -0.452. The first kappa shape index (κ1) is 15.1. The number of nitrogens with zero attached hydrogens (tertiary/aromatic N) is 1. The molecule has 110 valence electrons. The van der Waals surface area contributed by atoms with Crippen molar-refractivity contribution in [3.05, 3.63) is 22.9 Å². The standard InChI is InChI=1S/C14H20BrN3O2/c1-14(2,3)20-13(19)18-10-7-9(8-10)17-11-5-4-6-16-12(11)15/h4-6,9-10,17H,7-8H2,1-3H3,(H,18,19). The van der Waals surface area contributed by atoms with Crippen molar-refractivity contribution < 1.29 is 9.53 Å². The van der Waals surface area contributed by atoms with Gasteiger partial charge in [0.15, 0.2) is 0 Å². The fourth-order valence-electron chi connectivity index (χ4n) is 2.04. The monoisotopic (exact) mass is 341 g/mol. The zero-order chi connectivity index (χ0) is 14.8. The number of carbonyl (C=O) groups is 1. The fraction of sp³-hybridized carbons (Fsp3) is 0.571. The Morgan fingerprint density at radius 3 is 2.70 bits per heavy atom. The van der Waals surface area contributed by atoms with Gasteiger partial charge in [-0.25, -0.2) is 9.78 Å². The van der Waals surface area contributed by atoms with Gasteiger partial charge in [-0.15, -0.1) is 0 Å². The Kier molecular flexibility index (Phi) is 4.52. The molecule has 6 heteroatoms. The summed E-state index contributed by atoms with van der Waals surface area (Å²) in [5, 5.41) is 6.27. The first-order valence-electron chi connectivity index (χ1n) is 6.70. The van der Waals surface area contributed by atoms with Crippen LogP contribution in [-0.4, -0.2) is 28.8 Å². The third kappa shape index (κ3) is 4.37. The Hall–Kier alpha value is -1.30. The highest BCUT2D eigenvalue weighted by Gasteiger charge is 2.31. The van der Waals surface area contributed by atoms with E-state index in [4.69, 9.17) is 4.74 Å². The van der Waals surface area contributed by atoms with Gasteiger partial charge in [-0.3, -0.25) is 0 Å². The number of rotatable bonds is 3. The van der Waals surface area contributed by atoms with Crippen LogP contribution < -0.4 is 10.6 Å². The Morgan fingerprint density at radius 1 is 1.40 bits per heavy atom. The molecule has 2 rings (SSSR count). The first-order chi connectivity index (χ1) is 9.33. The number of carbonyl (C=O) groups excluding carboxylic acids is 1. The van der Waals surface area contributed by atoms with Gasteiger partial charge >= 0.3 is 6.09 Å². The van der Waals surface area contributed by atoms with Crippen molar-refractivity contribution in [2.45, 2.75) is 51.3 Å². The number of alkyl carbamates (subject to hydrolysis) is 1. The van der Waals surface area contributed by atoms with E-state index in [9.17, 15) is 4.79 Å². The van der Waals surface area contributed by atoms with E-state index in [1.807, 2.05) is 32.9 Å². The molecule has 0 atom stereocenters. The summed E-state index contributed by atoms with van der Waals surface area (Å²) in [4.78, 5) is 15.8. The average molecular weight is 342 g/mol. The highest BCUT2D eigenvalue weighted by Crippen LogP contribution is 2.27. The molecule has 1 aliphatic rings. The van der Waals surface area contributed by atoms with Gasteiger partial charge < -0.3 is 15.4 Å². The lowest BCUT2D eigenvalue weighted by molar-refractivity contribution is 0.0475. The van der Waals surface area contributed by atoms with E-state index >= 15 is 0 Å². The molecule has 1 amide bonds. The number of hydrogen-bond acceptors (Lipinski definition) is 4. The molecule has 1 saturated carbocycles. The van der Waals surface area contributed by atoms with Crippen LogP contribution in [0.4, 0.5) is 10.5 Å². The molecule has 0 radical (unpaired) electrons. The average Bonchev–Trinajstić information content (AvgIpc) is 2.26. The van der Waals surface area contributed by atoms with Crippen LogP contribution in [0.25, 0.3) is 0 Å². The van der Waals surface area contributed by atoms with Crippen LogP contribution in [-0.2, 0) is 4.74 Å². The maximum absolute atomic E-state index is 11.6. The van der Waals surface area contributed by atoms with Gasteiger partial charge in [0.05, 0.1) is 5.69 Å². The molecule has 1 aliphatic carbocycles. The lowest BCUT2D eigenvalue weighted by Gasteiger charge is -2.37. The normalized spacial score (nSPS) is 21.8. The zero-order valence-electron chi connectivity index (χ0n) is 11.9. The topological polar surface area (TPSA) is 63.2 Å². The van der Waals surface area contributed by atoms with E-state index in [1.54, 1.807) is 6.20 Å². The lowest BCUT2D eigenvalue weighted by Crippen LogP contribution is -2.50. The third-order valence-corrected chi connectivity index (χ3v) is 3.61.